The Labute approximate surface area is 95.6 Å². The molecule has 0 aliphatic carbocycles. The molecule has 5 heteroatoms. The maximum Gasteiger partial charge on any atom is 0.323 e. The van der Waals surface area contributed by atoms with E-state index in [1.165, 1.54) is 0 Å². The first-order valence-corrected chi connectivity index (χ1v) is 5.13. The van der Waals surface area contributed by atoms with E-state index in [-0.39, 0.29) is 12.5 Å². The van der Waals surface area contributed by atoms with Crippen molar-refractivity contribution in [2.24, 2.45) is 11.7 Å². The Hall–Kier alpha value is -1.54. The molecule has 0 radical (unpaired) electrons. The van der Waals surface area contributed by atoms with Crippen LogP contribution in [0.1, 0.15) is 20.3 Å². The van der Waals surface area contributed by atoms with E-state index in [0.29, 0.717) is 0 Å². The van der Waals surface area contributed by atoms with E-state index in [1.54, 1.807) is 0 Å². The third kappa shape index (κ3) is 4.32. The highest BCUT2D eigenvalue weighted by atomic mass is 16.4. The van der Waals surface area contributed by atoms with Crippen LogP contribution in [0, 0.1) is 18.3 Å². The molecule has 0 aromatic carbocycles. The Morgan fingerprint density at radius 3 is 2.50 bits per heavy atom. The van der Waals surface area contributed by atoms with Gasteiger partial charge in [0, 0.05) is 0 Å². The zero-order valence-electron chi connectivity index (χ0n) is 9.64. The first-order valence-electron chi connectivity index (χ1n) is 5.13. The number of carbonyl (C=O) groups excluding carboxylic acids is 1. The minimum atomic E-state index is -1.10. The van der Waals surface area contributed by atoms with Crippen molar-refractivity contribution in [3.8, 4) is 12.3 Å². The summed E-state index contributed by atoms with van der Waals surface area (Å²) in [6.45, 7) is 3.32. The van der Waals surface area contributed by atoms with E-state index in [0.717, 1.165) is 11.3 Å². The van der Waals surface area contributed by atoms with Gasteiger partial charge in [-0.15, -0.1) is 6.42 Å². The Kier molecular flexibility index (Phi) is 6.19. The number of carboxylic acids is 1. The Morgan fingerprint density at radius 2 is 2.12 bits per heavy atom. The predicted molar refractivity (Wildman–Crippen MR) is 60.5 cm³/mol. The Bertz CT molecular complexity index is 296. The number of aliphatic carboxylic acids is 1. The van der Waals surface area contributed by atoms with E-state index >= 15 is 0 Å². The molecule has 0 aliphatic heterocycles. The Balaban J connectivity index is 4.60. The summed E-state index contributed by atoms with van der Waals surface area (Å²) in [5.74, 6) is 0.749. The molecule has 1 amide bonds. The molecule has 0 aromatic rings. The number of carboxylic acid groups (broad SMARTS) is 1. The second-order valence-electron chi connectivity index (χ2n) is 3.70. The first-order chi connectivity index (χ1) is 7.43. The number of nitrogens with zero attached hydrogens (tertiary/aromatic N) is 1. The average Bonchev–Trinajstić information content (AvgIpc) is 2.24. The monoisotopic (exact) mass is 226 g/mol. The number of amides is 1. The minimum absolute atomic E-state index is 0.00145. The van der Waals surface area contributed by atoms with Gasteiger partial charge in [0.2, 0.25) is 5.91 Å². The number of terminal acetylenes is 1. The van der Waals surface area contributed by atoms with Crippen molar-refractivity contribution in [2.75, 3.05) is 13.1 Å². The fraction of sp³-hybridized carbons (Fsp3) is 0.636. The summed E-state index contributed by atoms with van der Waals surface area (Å²) in [5, 5.41) is 8.63. The van der Waals surface area contributed by atoms with E-state index < -0.39 is 24.5 Å². The number of nitrogens with two attached hydrogens (primary N) is 1. The molecule has 0 saturated heterocycles. The molecule has 0 fully saturated rings. The number of hydrogen-bond acceptors (Lipinski definition) is 3. The lowest BCUT2D eigenvalue weighted by molar-refractivity contribution is -0.145. The molecule has 2 atom stereocenters. The van der Waals surface area contributed by atoms with Crippen LogP contribution < -0.4 is 5.73 Å². The van der Waals surface area contributed by atoms with Gasteiger partial charge in [-0.3, -0.25) is 9.59 Å². The van der Waals surface area contributed by atoms with E-state index in [4.69, 9.17) is 17.3 Å². The fourth-order valence-electron chi connectivity index (χ4n) is 1.19. The summed E-state index contributed by atoms with van der Waals surface area (Å²) in [6, 6.07) is -0.697. The molecule has 3 N–H and O–H groups in total. The maximum absolute atomic E-state index is 11.8. The highest BCUT2D eigenvalue weighted by Gasteiger charge is 2.25. The Morgan fingerprint density at radius 1 is 1.56 bits per heavy atom. The maximum atomic E-state index is 11.8. The highest BCUT2D eigenvalue weighted by molar-refractivity contribution is 5.85. The molecule has 2 unspecified atom stereocenters. The van der Waals surface area contributed by atoms with E-state index in [2.05, 4.69) is 5.92 Å². The minimum Gasteiger partial charge on any atom is -0.480 e. The number of hydrogen-bond donors (Lipinski definition) is 2. The van der Waals surface area contributed by atoms with Gasteiger partial charge in [-0.1, -0.05) is 26.2 Å². The van der Waals surface area contributed by atoms with Gasteiger partial charge >= 0.3 is 5.97 Å². The van der Waals surface area contributed by atoms with Crippen molar-refractivity contribution in [3.63, 3.8) is 0 Å². The molecule has 0 saturated carbocycles. The standard InChI is InChI=1S/C11H18N2O3/c1-4-6-13(7-9(14)15)11(16)10(12)8(3)5-2/h1,8,10H,5-7,12H2,2-3H3,(H,14,15). The number of carbonyl (C=O) groups is 2. The summed E-state index contributed by atoms with van der Waals surface area (Å²) in [4.78, 5) is 23.4. The molecule has 16 heavy (non-hydrogen) atoms. The van der Waals surface area contributed by atoms with Gasteiger partial charge in [-0.25, -0.2) is 0 Å². The van der Waals surface area contributed by atoms with Crippen molar-refractivity contribution in [1.29, 1.82) is 0 Å². The average molecular weight is 226 g/mol. The topological polar surface area (TPSA) is 83.6 Å². The predicted octanol–water partition coefficient (Wildman–Crippen LogP) is -0.0938. The number of rotatable bonds is 6. The van der Waals surface area contributed by atoms with Crippen molar-refractivity contribution in [2.45, 2.75) is 26.3 Å². The smallest absolute Gasteiger partial charge is 0.323 e. The molecule has 90 valence electrons. The molecule has 0 aliphatic rings. The van der Waals surface area contributed by atoms with Crippen molar-refractivity contribution in [3.05, 3.63) is 0 Å². The van der Waals surface area contributed by atoms with Gasteiger partial charge in [0.25, 0.3) is 0 Å². The highest BCUT2D eigenvalue weighted by Crippen LogP contribution is 2.08. The van der Waals surface area contributed by atoms with Gasteiger partial charge in [-0.05, 0) is 5.92 Å². The van der Waals surface area contributed by atoms with Crippen molar-refractivity contribution < 1.29 is 14.7 Å². The fourth-order valence-corrected chi connectivity index (χ4v) is 1.19. The van der Waals surface area contributed by atoms with Crippen molar-refractivity contribution in [1.82, 2.24) is 4.90 Å². The van der Waals surface area contributed by atoms with Crippen LogP contribution in [0.2, 0.25) is 0 Å². The van der Waals surface area contributed by atoms with E-state index in [9.17, 15) is 9.59 Å². The molecule has 0 rings (SSSR count). The van der Waals surface area contributed by atoms with Crippen LogP contribution >= 0.6 is 0 Å². The summed E-state index contributed by atoms with van der Waals surface area (Å²) in [5.41, 5.74) is 5.73. The van der Waals surface area contributed by atoms with Gasteiger partial charge < -0.3 is 15.7 Å². The zero-order chi connectivity index (χ0) is 12.7. The molecule has 0 heterocycles. The lowest BCUT2D eigenvalue weighted by atomic mass is 9.99. The van der Waals surface area contributed by atoms with Crippen LogP contribution in [0.15, 0.2) is 0 Å². The summed E-state index contributed by atoms with van der Waals surface area (Å²) in [6.07, 6.45) is 5.83. The van der Waals surface area contributed by atoms with Gasteiger partial charge in [0.1, 0.15) is 6.54 Å². The second kappa shape index (κ2) is 6.85. The summed E-state index contributed by atoms with van der Waals surface area (Å²) >= 11 is 0. The van der Waals surface area contributed by atoms with Crippen LogP contribution in [0.5, 0.6) is 0 Å². The van der Waals surface area contributed by atoms with Crippen LogP contribution in [0.3, 0.4) is 0 Å². The summed E-state index contributed by atoms with van der Waals surface area (Å²) < 4.78 is 0. The molecular weight excluding hydrogens is 208 g/mol. The first kappa shape index (κ1) is 14.5. The van der Waals surface area contributed by atoms with Crippen LogP contribution in [0.25, 0.3) is 0 Å². The van der Waals surface area contributed by atoms with Crippen LogP contribution in [-0.2, 0) is 9.59 Å². The molecular formula is C11H18N2O3. The lowest BCUT2D eigenvalue weighted by Crippen LogP contribution is -2.48. The molecule has 0 spiro atoms. The normalized spacial score (nSPS) is 13.6. The van der Waals surface area contributed by atoms with Gasteiger partial charge in [-0.2, -0.15) is 0 Å². The molecule has 0 bridgehead atoms. The SMILES string of the molecule is C#CCN(CC(=O)O)C(=O)C(N)C(C)CC. The molecule has 0 aromatic heterocycles. The van der Waals surface area contributed by atoms with Crippen molar-refractivity contribution >= 4 is 11.9 Å². The van der Waals surface area contributed by atoms with E-state index in [1.807, 2.05) is 13.8 Å². The van der Waals surface area contributed by atoms with Gasteiger partial charge in [0.15, 0.2) is 0 Å². The second-order valence-corrected chi connectivity index (χ2v) is 3.70. The largest absolute Gasteiger partial charge is 0.480 e. The summed E-state index contributed by atoms with van der Waals surface area (Å²) in [7, 11) is 0. The van der Waals surface area contributed by atoms with Crippen LogP contribution in [-0.4, -0.2) is 41.0 Å². The quantitative estimate of drug-likeness (QED) is 0.620. The third-order valence-electron chi connectivity index (χ3n) is 2.46. The zero-order valence-corrected chi connectivity index (χ0v) is 9.64. The van der Waals surface area contributed by atoms with Crippen LogP contribution in [0.4, 0.5) is 0 Å². The van der Waals surface area contributed by atoms with Gasteiger partial charge in [0.05, 0.1) is 12.6 Å². The molecule has 5 nitrogen and oxygen atoms in total. The third-order valence-corrected chi connectivity index (χ3v) is 2.46. The lowest BCUT2D eigenvalue weighted by Gasteiger charge is -2.25.